The van der Waals surface area contributed by atoms with Crippen molar-refractivity contribution in [3.63, 3.8) is 0 Å². The van der Waals surface area contributed by atoms with Gasteiger partial charge in [0.05, 0.1) is 11.0 Å². The van der Waals surface area contributed by atoms with Crippen molar-refractivity contribution < 1.29 is 23.8 Å². The van der Waals surface area contributed by atoms with Crippen molar-refractivity contribution in [2.24, 2.45) is 0 Å². The Balaban J connectivity index is 2.10. The van der Waals surface area contributed by atoms with E-state index in [1.807, 2.05) is 0 Å². The van der Waals surface area contributed by atoms with Crippen molar-refractivity contribution in [2.45, 2.75) is 6.92 Å². The summed E-state index contributed by atoms with van der Waals surface area (Å²) >= 11 is 0. The van der Waals surface area contributed by atoms with Gasteiger partial charge in [-0.05, 0) is 34.2 Å². The van der Waals surface area contributed by atoms with Gasteiger partial charge >= 0.3 is 5.82 Å². The average molecular weight is 350 g/mol. The van der Waals surface area contributed by atoms with Gasteiger partial charge in [0, 0.05) is 6.92 Å². The molecule has 1 aromatic carbocycles. The van der Waals surface area contributed by atoms with Crippen LogP contribution in [0.1, 0.15) is 5.69 Å². The maximum atomic E-state index is 13.1. The Morgan fingerprint density at radius 1 is 1.24 bits per heavy atom. The number of nitro groups is 2. The van der Waals surface area contributed by atoms with Crippen LogP contribution in [0.25, 0.3) is 0 Å². The predicted molar refractivity (Wildman–Crippen MR) is 82.8 cm³/mol. The van der Waals surface area contributed by atoms with Crippen LogP contribution in [0.2, 0.25) is 0 Å². The molecule has 130 valence electrons. The van der Waals surface area contributed by atoms with Crippen molar-refractivity contribution in [1.82, 2.24) is 4.98 Å². The molecule has 2 rings (SSSR count). The second-order valence-corrected chi connectivity index (χ2v) is 4.79. The number of ether oxygens (including phenoxy) is 1. The summed E-state index contributed by atoms with van der Waals surface area (Å²) in [4.78, 5) is 35.7. The summed E-state index contributed by atoms with van der Waals surface area (Å²) < 4.78 is 18.1. The second-order valence-electron chi connectivity index (χ2n) is 4.79. The fourth-order valence-electron chi connectivity index (χ4n) is 1.86. The molecule has 25 heavy (non-hydrogen) atoms. The molecule has 1 N–H and O–H groups in total. The van der Waals surface area contributed by atoms with E-state index in [1.54, 1.807) is 6.92 Å². The fraction of sp³-hybridized carbons (Fsp3) is 0.143. The molecule has 0 saturated carbocycles. The van der Waals surface area contributed by atoms with Crippen molar-refractivity contribution >= 4 is 23.1 Å². The number of aryl methyl sites for hydroxylation is 1. The van der Waals surface area contributed by atoms with Crippen molar-refractivity contribution in [3.05, 3.63) is 62.1 Å². The molecule has 0 spiro atoms. The molecular formula is C14H11FN4O6. The smallest absolute Gasteiger partial charge is 0.406 e. The van der Waals surface area contributed by atoms with E-state index in [0.29, 0.717) is 11.8 Å². The Kier molecular flexibility index (Phi) is 5.17. The Morgan fingerprint density at radius 2 is 1.96 bits per heavy atom. The number of carbonyl (C=O) groups is 1. The summed E-state index contributed by atoms with van der Waals surface area (Å²) in [5.41, 5.74) is -0.460. The van der Waals surface area contributed by atoms with E-state index in [-0.39, 0.29) is 11.4 Å². The van der Waals surface area contributed by atoms with Crippen LogP contribution >= 0.6 is 0 Å². The molecule has 0 aliphatic heterocycles. The van der Waals surface area contributed by atoms with Crippen LogP contribution in [0, 0.1) is 33.0 Å². The number of nitrogens with zero attached hydrogens (tertiary/aromatic N) is 3. The molecular weight excluding hydrogens is 339 g/mol. The quantitative estimate of drug-likeness (QED) is 0.623. The molecule has 0 unspecified atom stereocenters. The van der Waals surface area contributed by atoms with Crippen LogP contribution in [-0.4, -0.2) is 27.3 Å². The number of hydrogen-bond donors (Lipinski definition) is 1. The molecule has 1 amide bonds. The number of halogens is 1. The molecule has 0 atom stereocenters. The minimum Gasteiger partial charge on any atom is -0.476 e. The van der Waals surface area contributed by atoms with Gasteiger partial charge in [0.15, 0.2) is 6.61 Å². The van der Waals surface area contributed by atoms with E-state index in [0.717, 1.165) is 12.1 Å². The number of aromatic nitrogens is 1. The Hall–Kier alpha value is -3.63. The summed E-state index contributed by atoms with van der Waals surface area (Å²) in [5.74, 6) is -2.42. The second kappa shape index (κ2) is 7.29. The van der Waals surface area contributed by atoms with Gasteiger partial charge in [0.25, 0.3) is 11.6 Å². The standard InChI is InChI=1S/C14H11FN4O6/c1-8-2-5-12(14(16-8)19(23)24)25-7-13(20)17-10-4-3-9(15)6-11(10)18(21)22/h2-6H,7H2,1H3,(H,17,20). The first kappa shape index (κ1) is 17.7. The summed E-state index contributed by atoms with van der Waals surface area (Å²) in [6, 6.07) is 5.38. The Bertz CT molecular complexity index is 857. The van der Waals surface area contributed by atoms with Crippen LogP contribution < -0.4 is 10.1 Å². The van der Waals surface area contributed by atoms with Crippen LogP contribution in [-0.2, 0) is 4.79 Å². The third kappa shape index (κ3) is 4.43. The highest BCUT2D eigenvalue weighted by Gasteiger charge is 2.20. The molecule has 0 aliphatic rings. The summed E-state index contributed by atoms with van der Waals surface area (Å²) in [5, 5.41) is 24.0. The van der Waals surface area contributed by atoms with E-state index in [2.05, 4.69) is 10.3 Å². The van der Waals surface area contributed by atoms with E-state index < -0.39 is 39.7 Å². The highest BCUT2D eigenvalue weighted by atomic mass is 19.1. The first-order valence-electron chi connectivity index (χ1n) is 6.76. The molecule has 0 aliphatic carbocycles. The van der Waals surface area contributed by atoms with Gasteiger partial charge in [-0.3, -0.25) is 14.9 Å². The third-order valence-electron chi connectivity index (χ3n) is 2.94. The molecule has 1 aromatic heterocycles. The van der Waals surface area contributed by atoms with Crippen molar-refractivity contribution in [1.29, 1.82) is 0 Å². The molecule has 11 heteroatoms. The number of anilines is 1. The summed E-state index contributed by atoms with van der Waals surface area (Å²) in [6.07, 6.45) is 0. The number of amides is 1. The van der Waals surface area contributed by atoms with E-state index in [1.165, 1.54) is 12.1 Å². The lowest BCUT2D eigenvalue weighted by atomic mass is 10.2. The number of nitrogens with one attached hydrogen (secondary N) is 1. The van der Waals surface area contributed by atoms with Gasteiger partial charge in [0.2, 0.25) is 5.75 Å². The average Bonchev–Trinajstić information content (AvgIpc) is 2.55. The number of pyridine rings is 1. The number of nitro benzene ring substituents is 1. The molecule has 0 radical (unpaired) electrons. The predicted octanol–water partition coefficient (Wildman–Crippen LogP) is 2.36. The van der Waals surface area contributed by atoms with Crippen molar-refractivity contribution in [2.75, 3.05) is 11.9 Å². The number of hydrogen-bond acceptors (Lipinski definition) is 7. The highest BCUT2D eigenvalue weighted by molar-refractivity contribution is 5.94. The first-order valence-corrected chi connectivity index (χ1v) is 6.76. The lowest BCUT2D eigenvalue weighted by Gasteiger charge is -2.08. The molecule has 2 aromatic rings. The normalized spacial score (nSPS) is 10.2. The number of benzene rings is 1. The monoisotopic (exact) mass is 350 g/mol. The minimum absolute atomic E-state index is 0.223. The Morgan fingerprint density at radius 3 is 2.60 bits per heavy atom. The zero-order chi connectivity index (χ0) is 18.6. The van der Waals surface area contributed by atoms with Gasteiger partial charge in [0.1, 0.15) is 17.2 Å². The number of rotatable bonds is 6. The van der Waals surface area contributed by atoms with Crippen LogP contribution in [0.4, 0.5) is 21.6 Å². The van der Waals surface area contributed by atoms with Gasteiger partial charge < -0.3 is 20.2 Å². The molecule has 0 fully saturated rings. The van der Waals surface area contributed by atoms with Crippen LogP contribution in [0.3, 0.4) is 0 Å². The third-order valence-corrected chi connectivity index (χ3v) is 2.94. The minimum atomic E-state index is -0.853. The van der Waals surface area contributed by atoms with Gasteiger partial charge in [-0.15, -0.1) is 0 Å². The van der Waals surface area contributed by atoms with E-state index in [9.17, 15) is 29.4 Å². The van der Waals surface area contributed by atoms with E-state index >= 15 is 0 Å². The van der Waals surface area contributed by atoms with Gasteiger partial charge in [-0.2, -0.15) is 0 Å². The first-order chi connectivity index (χ1) is 11.8. The summed E-state index contributed by atoms with van der Waals surface area (Å²) in [6.45, 7) is 0.900. The molecule has 0 saturated heterocycles. The Labute approximate surface area is 139 Å². The lowest BCUT2D eigenvalue weighted by Crippen LogP contribution is -2.21. The lowest BCUT2D eigenvalue weighted by molar-refractivity contribution is -0.390. The number of carbonyl (C=O) groups excluding carboxylic acids is 1. The summed E-state index contributed by atoms with van der Waals surface area (Å²) in [7, 11) is 0. The molecule has 1 heterocycles. The van der Waals surface area contributed by atoms with Crippen molar-refractivity contribution in [3.8, 4) is 5.75 Å². The van der Waals surface area contributed by atoms with Crippen LogP contribution in [0.5, 0.6) is 5.75 Å². The topological polar surface area (TPSA) is 138 Å². The molecule has 0 bridgehead atoms. The van der Waals surface area contributed by atoms with Gasteiger partial charge in [-0.1, -0.05) is 0 Å². The largest absolute Gasteiger partial charge is 0.476 e. The maximum Gasteiger partial charge on any atom is 0.406 e. The zero-order valence-electron chi connectivity index (χ0n) is 12.8. The maximum absolute atomic E-state index is 13.1. The molecule has 10 nitrogen and oxygen atoms in total. The highest BCUT2D eigenvalue weighted by Crippen LogP contribution is 2.26. The zero-order valence-corrected chi connectivity index (χ0v) is 12.8. The SMILES string of the molecule is Cc1ccc(OCC(=O)Nc2ccc(F)cc2[N+](=O)[O-])c([N+](=O)[O-])n1. The van der Waals surface area contributed by atoms with Gasteiger partial charge in [-0.25, -0.2) is 4.39 Å². The fourth-order valence-corrected chi connectivity index (χ4v) is 1.86. The van der Waals surface area contributed by atoms with Crippen LogP contribution in [0.15, 0.2) is 30.3 Å². The van der Waals surface area contributed by atoms with E-state index in [4.69, 9.17) is 4.74 Å².